The molecule has 0 aliphatic carbocycles. The first-order chi connectivity index (χ1) is 5.02. The van der Waals surface area contributed by atoms with Crippen LogP contribution in [-0.2, 0) is 10.1 Å². The van der Waals surface area contributed by atoms with Gasteiger partial charge in [-0.1, -0.05) is 23.7 Å². The third kappa shape index (κ3) is 3.05. The van der Waals surface area contributed by atoms with Crippen molar-refractivity contribution in [1.82, 2.24) is 0 Å². The van der Waals surface area contributed by atoms with Crippen LogP contribution in [0.1, 0.15) is 0 Å². The Kier molecular flexibility index (Phi) is 4.76. The number of halogens is 1. The smallest absolute Gasteiger partial charge is 0.282 e. The van der Waals surface area contributed by atoms with Gasteiger partial charge in [-0.05, 0) is 12.1 Å². The van der Waals surface area contributed by atoms with Crippen LogP contribution < -0.4 is 0 Å². The molecule has 0 bridgehead atoms. The van der Waals surface area contributed by atoms with Gasteiger partial charge in [-0.25, -0.2) is 0 Å². The van der Waals surface area contributed by atoms with E-state index in [-0.39, 0.29) is 39.5 Å². The molecule has 0 saturated carbocycles. The first-order valence-corrected chi connectivity index (χ1v) is 4.55. The predicted molar refractivity (Wildman–Crippen MR) is 47.0 cm³/mol. The summed E-state index contributed by atoms with van der Waals surface area (Å²) in [6.07, 6.45) is 0. The van der Waals surface area contributed by atoms with Crippen molar-refractivity contribution < 1.29 is 13.0 Å². The molecule has 0 aliphatic rings. The summed E-state index contributed by atoms with van der Waals surface area (Å²) >= 11 is 5.47. The molecule has 1 rings (SSSR count). The summed E-state index contributed by atoms with van der Waals surface area (Å²) < 4.78 is 29.6. The molecule has 6 heteroatoms. The van der Waals surface area contributed by atoms with Crippen LogP contribution >= 0.6 is 11.6 Å². The summed E-state index contributed by atoms with van der Waals surface area (Å²) in [5.74, 6) is 0. The van der Waals surface area contributed by atoms with Crippen LogP contribution in [0.4, 0.5) is 0 Å². The quantitative estimate of drug-likeness (QED) is 0.566. The summed E-state index contributed by atoms with van der Waals surface area (Å²) in [5.41, 5.74) is 0. The Balaban J connectivity index is 0.00000121. The zero-order valence-electron chi connectivity index (χ0n) is 6.36. The zero-order valence-corrected chi connectivity index (χ0v) is 9.93. The number of benzene rings is 1. The molecular formula is C6H5ClNaO3S. The van der Waals surface area contributed by atoms with Crippen molar-refractivity contribution in [2.75, 3.05) is 0 Å². The Hall–Kier alpha value is 0.420. The molecule has 0 fully saturated rings. The fourth-order valence-corrected chi connectivity index (χ4v) is 1.65. The first kappa shape index (κ1) is 12.4. The molecule has 0 aromatic heterocycles. The molecule has 1 N–H and O–H groups in total. The van der Waals surface area contributed by atoms with Crippen LogP contribution in [0, 0.1) is 0 Å². The van der Waals surface area contributed by atoms with E-state index < -0.39 is 10.1 Å². The SMILES string of the molecule is O=S(=O)(O)c1ccccc1Cl.[Na]. The topological polar surface area (TPSA) is 54.4 Å². The standard InChI is InChI=1S/C6H5ClO3S.Na/c7-5-3-1-2-4-6(5)11(8,9)10;/h1-4H,(H,8,9,10);. The zero-order chi connectivity index (χ0) is 8.48. The second-order valence-corrected chi connectivity index (χ2v) is 3.70. The van der Waals surface area contributed by atoms with Crippen molar-refractivity contribution >= 4 is 51.3 Å². The molecule has 1 radical (unpaired) electrons. The first-order valence-electron chi connectivity index (χ1n) is 2.74. The van der Waals surface area contributed by atoms with E-state index in [4.69, 9.17) is 16.2 Å². The Labute approximate surface area is 97.8 Å². The maximum Gasteiger partial charge on any atom is 0.296 e. The van der Waals surface area contributed by atoms with Crippen molar-refractivity contribution in [3.63, 3.8) is 0 Å². The molecule has 0 aliphatic heterocycles. The van der Waals surface area contributed by atoms with E-state index >= 15 is 0 Å². The minimum absolute atomic E-state index is 0. The molecule has 3 nitrogen and oxygen atoms in total. The molecule has 0 saturated heterocycles. The number of rotatable bonds is 1. The van der Waals surface area contributed by atoms with E-state index in [1.165, 1.54) is 18.2 Å². The van der Waals surface area contributed by atoms with Crippen molar-refractivity contribution in [1.29, 1.82) is 0 Å². The normalized spacial score (nSPS) is 10.5. The van der Waals surface area contributed by atoms with Crippen LogP contribution in [0.5, 0.6) is 0 Å². The van der Waals surface area contributed by atoms with Gasteiger partial charge in [0.2, 0.25) is 0 Å². The average molecular weight is 216 g/mol. The molecule has 0 amide bonds. The maximum absolute atomic E-state index is 10.5. The minimum atomic E-state index is -4.17. The number of hydrogen-bond acceptors (Lipinski definition) is 2. The van der Waals surface area contributed by atoms with Crippen molar-refractivity contribution in [2.45, 2.75) is 4.90 Å². The van der Waals surface area contributed by atoms with Gasteiger partial charge in [0, 0.05) is 29.6 Å². The minimum Gasteiger partial charge on any atom is -0.282 e. The molecule has 12 heavy (non-hydrogen) atoms. The van der Waals surface area contributed by atoms with Gasteiger partial charge in [-0.3, -0.25) is 4.55 Å². The Morgan fingerprint density at radius 2 is 1.75 bits per heavy atom. The van der Waals surface area contributed by atoms with Crippen molar-refractivity contribution in [2.24, 2.45) is 0 Å². The second-order valence-electron chi connectivity index (χ2n) is 1.91. The van der Waals surface area contributed by atoms with E-state index in [1.807, 2.05) is 0 Å². The summed E-state index contributed by atoms with van der Waals surface area (Å²) in [7, 11) is -4.17. The summed E-state index contributed by atoms with van der Waals surface area (Å²) in [6, 6.07) is 5.69. The number of hydrogen-bond donors (Lipinski definition) is 1. The van der Waals surface area contributed by atoms with Crippen molar-refractivity contribution in [3.05, 3.63) is 29.3 Å². The Bertz CT molecular complexity index is 363. The second kappa shape index (κ2) is 4.60. The predicted octanol–water partition coefficient (Wildman–Crippen LogP) is 1.21. The van der Waals surface area contributed by atoms with Crippen LogP contribution in [0.3, 0.4) is 0 Å². The van der Waals surface area contributed by atoms with Gasteiger partial charge in [0.15, 0.2) is 0 Å². The van der Waals surface area contributed by atoms with Crippen LogP contribution in [0.25, 0.3) is 0 Å². The molecule has 0 spiro atoms. The van der Waals surface area contributed by atoms with E-state index in [9.17, 15) is 8.42 Å². The fourth-order valence-electron chi connectivity index (χ4n) is 0.654. The van der Waals surface area contributed by atoms with Crippen LogP contribution in [0.2, 0.25) is 5.02 Å². The molecule has 0 atom stereocenters. The molecule has 1 aromatic rings. The van der Waals surface area contributed by atoms with Crippen molar-refractivity contribution in [3.8, 4) is 0 Å². The summed E-state index contributed by atoms with van der Waals surface area (Å²) in [5, 5.41) is 0.0231. The van der Waals surface area contributed by atoms with Gasteiger partial charge >= 0.3 is 0 Å². The summed E-state index contributed by atoms with van der Waals surface area (Å²) in [6.45, 7) is 0. The van der Waals surface area contributed by atoms with Gasteiger partial charge in [0.1, 0.15) is 4.90 Å². The van der Waals surface area contributed by atoms with Crippen LogP contribution in [-0.4, -0.2) is 42.5 Å². The van der Waals surface area contributed by atoms with Gasteiger partial charge < -0.3 is 0 Å². The van der Waals surface area contributed by atoms with Gasteiger partial charge in [-0.15, -0.1) is 0 Å². The molecule has 0 unspecified atom stereocenters. The Morgan fingerprint density at radius 1 is 1.25 bits per heavy atom. The largest absolute Gasteiger partial charge is 0.296 e. The molecule has 1 aromatic carbocycles. The molecule has 61 valence electrons. The maximum atomic E-state index is 10.5. The van der Waals surface area contributed by atoms with E-state index in [2.05, 4.69) is 0 Å². The average Bonchev–Trinajstić information content (AvgIpc) is 1.86. The van der Waals surface area contributed by atoms with E-state index in [1.54, 1.807) is 6.07 Å². The molecular weight excluding hydrogens is 211 g/mol. The third-order valence-electron chi connectivity index (χ3n) is 1.11. The van der Waals surface area contributed by atoms with E-state index in [0.29, 0.717) is 0 Å². The van der Waals surface area contributed by atoms with Gasteiger partial charge in [-0.2, -0.15) is 8.42 Å². The monoisotopic (exact) mass is 215 g/mol. The van der Waals surface area contributed by atoms with Gasteiger partial charge in [0.05, 0.1) is 5.02 Å². The van der Waals surface area contributed by atoms with Crippen LogP contribution in [0.15, 0.2) is 29.2 Å². The summed E-state index contributed by atoms with van der Waals surface area (Å²) in [4.78, 5) is -0.262. The van der Waals surface area contributed by atoms with E-state index in [0.717, 1.165) is 0 Å². The molecule has 0 heterocycles. The van der Waals surface area contributed by atoms with Gasteiger partial charge in [0.25, 0.3) is 10.1 Å². The Morgan fingerprint density at radius 3 is 2.08 bits per heavy atom. The fraction of sp³-hybridized carbons (Fsp3) is 0. The third-order valence-corrected chi connectivity index (χ3v) is 2.47.